The normalized spacial score (nSPS) is 10.2. The van der Waals surface area contributed by atoms with Crippen LogP contribution in [0, 0.1) is 0 Å². The number of anilines is 1. The van der Waals surface area contributed by atoms with E-state index in [1.165, 1.54) is 6.26 Å². The molecule has 2 amide bonds. The smallest absolute Gasteiger partial charge is 0.286 e. The molecule has 1 aromatic carbocycles. The molecule has 0 radical (unpaired) electrons. The van der Waals surface area contributed by atoms with E-state index in [0.717, 1.165) is 0 Å². The van der Waals surface area contributed by atoms with Crippen LogP contribution in [0.4, 0.5) is 5.69 Å². The van der Waals surface area contributed by atoms with Crippen LogP contribution in [0.25, 0.3) is 0 Å². The first kappa shape index (κ1) is 15.4. The van der Waals surface area contributed by atoms with Crippen LogP contribution < -0.4 is 10.6 Å². The van der Waals surface area contributed by atoms with Crippen molar-refractivity contribution in [3.63, 3.8) is 0 Å². The van der Waals surface area contributed by atoms with Gasteiger partial charge in [-0.3, -0.25) is 9.59 Å². The van der Waals surface area contributed by atoms with Crippen molar-refractivity contribution in [1.29, 1.82) is 0 Å². The number of carbonyl (C=O) groups is 2. The zero-order valence-electron chi connectivity index (χ0n) is 10.9. The number of nitrogens with one attached hydrogen (secondary N) is 2. The van der Waals surface area contributed by atoms with Crippen LogP contribution in [0.3, 0.4) is 0 Å². The van der Waals surface area contributed by atoms with E-state index >= 15 is 0 Å². The van der Waals surface area contributed by atoms with Gasteiger partial charge in [0.1, 0.15) is 0 Å². The zero-order valence-corrected chi connectivity index (χ0v) is 12.4. The molecule has 2 N–H and O–H groups in total. The first-order chi connectivity index (χ1) is 10.1. The van der Waals surface area contributed by atoms with Gasteiger partial charge in [-0.25, -0.2) is 0 Å². The van der Waals surface area contributed by atoms with Crippen molar-refractivity contribution < 1.29 is 14.0 Å². The zero-order chi connectivity index (χ0) is 15.2. The van der Waals surface area contributed by atoms with Crippen molar-refractivity contribution in [3.05, 3.63) is 52.4 Å². The third-order valence-electron chi connectivity index (χ3n) is 2.59. The number of hydrogen-bond acceptors (Lipinski definition) is 3. The van der Waals surface area contributed by atoms with Crippen LogP contribution in [-0.2, 0) is 4.79 Å². The molecule has 0 spiro atoms. The molecule has 0 saturated heterocycles. The van der Waals surface area contributed by atoms with Gasteiger partial charge in [-0.05, 0) is 30.3 Å². The van der Waals surface area contributed by atoms with Crippen molar-refractivity contribution in [1.82, 2.24) is 5.32 Å². The summed E-state index contributed by atoms with van der Waals surface area (Å²) in [4.78, 5) is 23.3. The van der Waals surface area contributed by atoms with Gasteiger partial charge < -0.3 is 15.1 Å². The molecule has 0 aliphatic rings. The second kappa shape index (κ2) is 7.15. The van der Waals surface area contributed by atoms with E-state index < -0.39 is 0 Å². The van der Waals surface area contributed by atoms with Crippen LogP contribution in [-0.4, -0.2) is 18.4 Å². The number of rotatable bonds is 5. The third kappa shape index (κ3) is 4.51. The highest BCUT2D eigenvalue weighted by Crippen LogP contribution is 2.24. The van der Waals surface area contributed by atoms with Crippen LogP contribution in [0.1, 0.15) is 17.0 Å². The minimum Gasteiger partial charge on any atom is -0.459 e. The molecule has 110 valence electrons. The highest BCUT2D eigenvalue weighted by Gasteiger charge is 2.09. The van der Waals surface area contributed by atoms with E-state index in [-0.39, 0.29) is 30.5 Å². The lowest BCUT2D eigenvalue weighted by Crippen LogP contribution is -2.27. The van der Waals surface area contributed by atoms with Gasteiger partial charge in [0, 0.05) is 18.7 Å². The predicted octanol–water partition coefficient (Wildman–Crippen LogP) is 3.35. The van der Waals surface area contributed by atoms with E-state index in [1.54, 1.807) is 30.3 Å². The molecule has 0 aliphatic carbocycles. The van der Waals surface area contributed by atoms with Gasteiger partial charge in [0.25, 0.3) is 5.91 Å². The fraction of sp³-hybridized carbons (Fsp3) is 0.143. The molecule has 1 aromatic heterocycles. The minimum atomic E-state index is -0.359. The summed E-state index contributed by atoms with van der Waals surface area (Å²) in [6, 6.07) is 7.96. The van der Waals surface area contributed by atoms with Gasteiger partial charge in [0.05, 0.1) is 16.3 Å². The molecule has 0 fully saturated rings. The Morgan fingerprint density at radius 2 is 1.95 bits per heavy atom. The molecule has 2 aromatic rings. The second-order valence-electron chi connectivity index (χ2n) is 4.16. The summed E-state index contributed by atoms with van der Waals surface area (Å²) in [5.74, 6) is -0.393. The minimum absolute atomic E-state index is 0.132. The number of benzene rings is 1. The molecular formula is C14H12Cl2N2O3. The molecule has 0 atom stereocenters. The van der Waals surface area contributed by atoms with Crippen molar-refractivity contribution >= 4 is 40.7 Å². The van der Waals surface area contributed by atoms with Gasteiger partial charge in [-0.15, -0.1) is 0 Å². The quantitative estimate of drug-likeness (QED) is 0.885. The van der Waals surface area contributed by atoms with Crippen LogP contribution in [0.2, 0.25) is 10.0 Å². The Morgan fingerprint density at radius 3 is 2.62 bits per heavy atom. The first-order valence-corrected chi connectivity index (χ1v) is 6.88. The molecule has 0 saturated carbocycles. The van der Waals surface area contributed by atoms with Gasteiger partial charge in [-0.1, -0.05) is 23.2 Å². The standard InChI is InChI=1S/C14H12Cl2N2O3/c15-10-4-3-9(8-11(10)16)18-13(19)5-6-17-14(20)12-2-1-7-21-12/h1-4,7-8H,5-6H2,(H,17,20)(H,18,19). The number of halogens is 2. The Morgan fingerprint density at radius 1 is 1.14 bits per heavy atom. The highest BCUT2D eigenvalue weighted by molar-refractivity contribution is 6.42. The van der Waals surface area contributed by atoms with E-state index in [4.69, 9.17) is 27.6 Å². The molecular weight excluding hydrogens is 315 g/mol. The maximum absolute atomic E-state index is 11.7. The monoisotopic (exact) mass is 326 g/mol. The lowest BCUT2D eigenvalue weighted by atomic mass is 10.3. The number of hydrogen-bond donors (Lipinski definition) is 2. The fourth-order valence-corrected chi connectivity index (χ4v) is 1.88. The Balaban J connectivity index is 1.77. The SMILES string of the molecule is O=C(CCNC(=O)c1ccco1)Nc1ccc(Cl)c(Cl)c1. The Bertz CT molecular complexity index is 642. The maximum Gasteiger partial charge on any atom is 0.286 e. The molecule has 2 rings (SSSR count). The lowest BCUT2D eigenvalue weighted by Gasteiger charge is -2.07. The van der Waals surface area contributed by atoms with Gasteiger partial charge in [0.2, 0.25) is 5.91 Å². The molecule has 0 unspecified atom stereocenters. The van der Waals surface area contributed by atoms with Crippen molar-refractivity contribution in [2.45, 2.75) is 6.42 Å². The molecule has 1 heterocycles. The van der Waals surface area contributed by atoms with E-state index in [9.17, 15) is 9.59 Å². The fourth-order valence-electron chi connectivity index (χ4n) is 1.58. The predicted molar refractivity (Wildman–Crippen MR) is 80.7 cm³/mol. The summed E-state index contributed by atoms with van der Waals surface area (Å²) in [5.41, 5.74) is 0.548. The number of furan rings is 1. The van der Waals surface area contributed by atoms with Crippen LogP contribution >= 0.6 is 23.2 Å². The summed E-state index contributed by atoms with van der Waals surface area (Å²) in [5, 5.41) is 6.02. The van der Waals surface area contributed by atoms with Crippen molar-refractivity contribution in [2.75, 3.05) is 11.9 Å². The third-order valence-corrected chi connectivity index (χ3v) is 3.32. The summed E-state index contributed by atoms with van der Waals surface area (Å²) < 4.78 is 4.93. The largest absolute Gasteiger partial charge is 0.459 e. The van der Waals surface area contributed by atoms with Gasteiger partial charge in [-0.2, -0.15) is 0 Å². The summed E-state index contributed by atoms with van der Waals surface area (Å²) >= 11 is 11.6. The number of carbonyl (C=O) groups excluding carboxylic acids is 2. The number of amides is 2. The summed E-state index contributed by atoms with van der Waals surface area (Å²) in [7, 11) is 0. The second-order valence-corrected chi connectivity index (χ2v) is 4.97. The first-order valence-electron chi connectivity index (χ1n) is 6.13. The van der Waals surface area contributed by atoms with E-state index in [0.29, 0.717) is 15.7 Å². The van der Waals surface area contributed by atoms with E-state index in [2.05, 4.69) is 10.6 Å². The Hall–Kier alpha value is -1.98. The summed E-state index contributed by atoms with van der Waals surface area (Å²) in [6.07, 6.45) is 1.54. The molecule has 7 heteroatoms. The Kier molecular flexibility index (Phi) is 5.25. The van der Waals surface area contributed by atoms with Crippen molar-refractivity contribution in [2.24, 2.45) is 0 Å². The highest BCUT2D eigenvalue weighted by atomic mass is 35.5. The molecule has 0 bridgehead atoms. The molecule has 0 aliphatic heterocycles. The topological polar surface area (TPSA) is 71.3 Å². The van der Waals surface area contributed by atoms with Crippen LogP contribution in [0.15, 0.2) is 41.0 Å². The van der Waals surface area contributed by atoms with E-state index in [1.807, 2.05) is 0 Å². The summed E-state index contributed by atoms with van der Waals surface area (Å²) in [6.45, 7) is 0.201. The van der Waals surface area contributed by atoms with Crippen molar-refractivity contribution in [3.8, 4) is 0 Å². The maximum atomic E-state index is 11.7. The van der Waals surface area contributed by atoms with Gasteiger partial charge in [0.15, 0.2) is 5.76 Å². The average molecular weight is 327 g/mol. The van der Waals surface area contributed by atoms with Crippen LogP contribution in [0.5, 0.6) is 0 Å². The average Bonchev–Trinajstić information content (AvgIpc) is 2.97. The Labute approximate surface area is 131 Å². The lowest BCUT2D eigenvalue weighted by molar-refractivity contribution is -0.116. The molecule has 21 heavy (non-hydrogen) atoms. The molecule has 5 nitrogen and oxygen atoms in total. The van der Waals surface area contributed by atoms with Gasteiger partial charge >= 0.3 is 0 Å².